The van der Waals surface area contributed by atoms with Crippen LogP contribution in [0.4, 0.5) is 16.0 Å². The zero-order valence-electron chi connectivity index (χ0n) is 19.4. The van der Waals surface area contributed by atoms with Gasteiger partial charge in [-0.25, -0.2) is 13.9 Å². The Bertz CT molecular complexity index is 1230. The molecule has 178 valence electrons. The molecule has 10 heteroatoms. The summed E-state index contributed by atoms with van der Waals surface area (Å²) < 4.78 is 21.8. The number of fused-ring (bicyclic) bond motifs is 1. The highest BCUT2D eigenvalue weighted by molar-refractivity contribution is 5.72. The Hall–Kier alpha value is -3.34. The minimum Gasteiger partial charge on any atom is -0.364 e. The molecule has 0 radical (unpaired) electrons. The molecule has 3 aromatic heterocycles. The number of nitrogens with one attached hydrogen (secondary N) is 2. The van der Waals surface area contributed by atoms with Gasteiger partial charge in [0.2, 0.25) is 0 Å². The first-order valence-corrected chi connectivity index (χ1v) is 11.5. The quantitative estimate of drug-likeness (QED) is 0.415. The second-order valence-electron chi connectivity index (χ2n) is 8.67. The van der Waals surface area contributed by atoms with E-state index in [9.17, 15) is 4.39 Å². The maximum atomic E-state index is 13.6. The summed E-state index contributed by atoms with van der Waals surface area (Å²) in [5.74, 6) is 1.48. The van der Waals surface area contributed by atoms with Crippen molar-refractivity contribution in [2.45, 2.75) is 13.0 Å². The van der Waals surface area contributed by atoms with Crippen molar-refractivity contribution in [3.05, 3.63) is 71.6 Å². The Morgan fingerprint density at radius 3 is 2.68 bits per heavy atom. The molecule has 5 rings (SSSR count). The number of aryl methyl sites for hydroxylation is 1. The zero-order valence-corrected chi connectivity index (χ0v) is 19.4. The van der Waals surface area contributed by atoms with E-state index in [1.807, 2.05) is 31.3 Å². The van der Waals surface area contributed by atoms with Crippen LogP contribution >= 0.6 is 0 Å². The first-order valence-electron chi connectivity index (χ1n) is 11.5. The van der Waals surface area contributed by atoms with Gasteiger partial charge in [0, 0.05) is 50.7 Å². The lowest BCUT2D eigenvalue weighted by Crippen LogP contribution is -2.45. The summed E-state index contributed by atoms with van der Waals surface area (Å²) in [6.45, 7) is 7.41. The van der Waals surface area contributed by atoms with Gasteiger partial charge in [-0.2, -0.15) is 5.10 Å². The number of aromatic nitrogens is 5. The molecule has 4 aromatic rings. The minimum absolute atomic E-state index is 0.294. The molecule has 1 saturated heterocycles. The highest BCUT2D eigenvalue weighted by Gasteiger charge is 2.22. The number of likely N-dealkylation sites (N-methyl/N-ethyl adjacent to an activating group) is 1. The van der Waals surface area contributed by atoms with Crippen LogP contribution in [0, 0.1) is 12.7 Å². The third kappa shape index (κ3) is 5.09. The van der Waals surface area contributed by atoms with Crippen LogP contribution in [0.1, 0.15) is 23.2 Å². The van der Waals surface area contributed by atoms with E-state index in [4.69, 9.17) is 14.8 Å². The summed E-state index contributed by atoms with van der Waals surface area (Å²) in [6, 6.07) is 12.1. The van der Waals surface area contributed by atoms with Crippen molar-refractivity contribution in [1.29, 1.82) is 0 Å². The van der Waals surface area contributed by atoms with E-state index in [2.05, 4.69) is 32.4 Å². The van der Waals surface area contributed by atoms with Crippen molar-refractivity contribution in [1.82, 2.24) is 34.6 Å². The SMILES string of the molecule is Cc1cc(Nc2nc(C(OCCN3CCN(C)CC3)c3ccc(F)cc3)nn3cccc23)n[nH]1. The van der Waals surface area contributed by atoms with Crippen LogP contribution in [0.3, 0.4) is 0 Å². The molecule has 1 atom stereocenters. The largest absolute Gasteiger partial charge is 0.364 e. The normalized spacial score (nSPS) is 16.2. The third-order valence-electron chi connectivity index (χ3n) is 6.05. The first-order chi connectivity index (χ1) is 16.5. The Morgan fingerprint density at radius 1 is 1.15 bits per heavy atom. The lowest BCUT2D eigenvalue weighted by molar-refractivity contribution is 0.0439. The number of nitrogens with zero attached hydrogens (tertiary/aromatic N) is 6. The number of aromatic amines is 1. The van der Waals surface area contributed by atoms with Crippen LogP contribution in [-0.2, 0) is 4.74 Å². The highest BCUT2D eigenvalue weighted by atomic mass is 19.1. The van der Waals surface area contributed by atoms with E-state index >= 15 is 0 Å². The Morgan fingerprint density at radius 2 is 1.94 bits per heavy atom. The predicted molar refractivity (Wildman–Crippen MR) is 128 cm³/mol. The molecule has 4 heterocycles. The average molecular weight is 465 g/mol. The number of anilines is 2. The van der Waals surface area contributed by atoms with Gasteiger partial charge >= 0.3 is 0 Å². The van der Waals surface area contributed by atoms with E-state index in [0.29, 0.717) is 24.1 Å². The van der Waals surface area contributed by atoms with Gasteiger partial charge in [-0.1, -0.05) is 12.1 Å². The summed E-state index contributed by atoms with van der Waals surface area (Å²) in [5, 5.41) is 15.2. The predicted octanol–water partition coefficient (Wildman–Crippen LogP) is 3.00. The maximum Gasteiger partial charge on any atom is 0.184 e. The minimum atomic E-state index is -0.540. The summed E-state index contributed by atoms with van der Waals surface area (Å²) in [7, 11) is 2.14. The molecule has 0 spiro atoms. The van der Waals surface area contributed by atoms with E-state index < -0.39 is 6.10 Å². The molecule has 2 N–H and O–H groups in total. The highest BCUT2D eigenvalue weighted by Crippen LogP contribution is 2.27. The first kappa shape index (κ1) is 22.5. The zero-order chi connectivity index (χ0) is 23.5. The van der Waals surface area contributed by atoms with Crippen LogP contribution < -0.4 is 5.32 Å². The summed E-state index contributed by atoms with van der Waals surface area (Å²) in [4.78, 5) is 9.54. The van der Waals surface area contributed by atoms with Gasteiger partial charge in [0.05, 0.1) is 6.61 Å². The van der Waals surface area contributed by atoms with Gasteiger partial charge in [0.1, 0.15) is 17.4 Å². The van der Waals surface area contributed by atoms with Crippen molar-refractivity contribution < 1.29 is 9.13 Å². The van der Waals surface area contributed by atoms with Gasteiger partial charge in [-0.15, -0.1) is 5.10 Å². The molecule has 34 heavy (non-hydrogen) atoms. The summed E-state index contributed by atoms with van der Waals surface area (Å²) in [6.07, 6.45) is 1.33. The van der Waals surface area contributed by atoms with Gasteiger partial charge in [-0.05, 0) is 43.8 Å². The second-order valence-corrected chi connectivity index (χ2v) is 8.67. The molecule has 1 aliphatic rings. The van der Waals surface area contributed by atoms with Crippen LogP contribution in [0.5, 0.6) is 0 Å². The number of rotatable bonds is 8. The van der Waals surface area contributed by atoms with Crippen LogP contribution in [0.15, 0.2) is 48.7 Å². The number of H-pyrrole nitrogens is 1. The fraction of sp³-hybridized carbons (Fsp3) is 0.375. The second kappa shape index (κ2) is 9.88. The summed E-state index contributed by atoms with van der Waals surface area (Å²) in [5.41, 5.74) is 2.56. The lowest BCUT2D eigenvalue weighted by atomic mass is 10.1. The van der Waals surface area contributed by atoms with E-state index in [1.54, 1.807) is 16.6 Å². The van der Waals surface area contributed by atoms with Crippen LogP contribution in [0.25, 0.3) is 5.52 Å². The van der Waals surface area contributed by atoms with Crippen molar-refractivity contribution in [2.24, 2.45) is 0 Å². The molecule has 1 aromatic carbocycles. The number of piperazine rings is 1. The molecule has 1 fully saturated rings. The number of halogens is 1. The molecule has 0 amide bonds. The van der Waals surface area contributed by atoms with Gasteiger partial charge in [0.25, 0.3) is 0 Å². The fourth-order valence-electron chi connectivity index (χ4n) is 4.09. The number of hydrogen-bond acceptors (Lipinski definition) is 7. The van der Waals surface area contributed by atoms with Crippen LogP contribution in [-0.4, -0.2) is 81.0 Å². The molecule has 1 unspecified atom stereocenters. The van der Waals surface area contributed by atoms with E-state index in [1.165, 1.54) is 12.1 Å². The Labute approximate surface area is 197 Å². The molecular formula is C24H29FN8O. The van der Waals surface area contributed by atoms with Crippen molar-refractivity contribution in [3.8, 4) is 0 Å². The van der Waals surface area contributed by atoms with Gasteiger partial charge in [-0.3, -0.25) is 10.00 Å². The van der Waals surface area contributed by atoms with E-state index in [0.717, 1.165) is 49.5 Å². The monoisotopic (exact) mass is 464 g/mol. The van der Waals surface area contributed by atoms with Crippen molar-refractivity contribution in [3.63, 3.8) is 0 Å². The van der Waals surface area contributed by atoms with Gasteiger partial charge in [0.15, 0.2) is 17.5 Å². The lowest BCUT2D eigenvalue weighted by Gasteiger charge is -2.32. The molecule has 0 bridgehead atoms. The number of ether oxygens (including phenoxy) is 1. The molecule has 9 nitrogen and oxygen atoms in total. The third-order valence-corrected chi connectivity index (χ3v) is 6.05. The number of hydrogen-bond donors (Lipinski definition) is 2. The number of benzene rings is 1. The Kier molecular flexibility index (Phi) is 6.52. The summed E-state index contributed by atoms with van der Waals surface area (Å²) >= 11 is 0. The topological polar surface area (TPSA) is 86.6 Å². The van der Waals surface area contributed by atoms with E-state index in [-0.39, 0.29) is 5.82 Å². The molecule has 0 aliphatic carbocycles. The van der Waals surface area contributed by atoms with Gasteiger partial charge < -0.3 is 15.0 Å². The molecule has 0 saturated carbocycles. The molecular weight excluding hydrogens is 435 g/mol. The smallest absolute Gasteiger partial charge is 0.184 e. The van der Waals surface area contributed by atoms with Crippen LogP contribution in [0.2, 0.25) is 0 Å². The fourth-order valence-corrected chi connectivity index (χ4v) is 4.09. The van der Waals surface area contributed by atoms with Crippen molar-refractivity contribution >= 4 is 17.2 Å². The molecule has 1 aliphatic heterocycles. The standard InChI is InChI=1S/C24H29FN8O/c1-17-16-21(29-28-17)26-23-20-4-3-9-33(20)30-24(27-23)22(18-5-7-19(25)8-6-18)34-15-14-32-12-10-31(2)11-13-32/h3-9,16,22H,10-15H2,1-2H3,(H2,26,27,28,29,30). The maximum absolute atomic E-state index is 13.6. The van der Waals surface area contributed by atoms with Crippen molar-refractivity contribution in [2.75, 3.05) is 51.7 Å². The Balaban J connectivity index is 1.42. The average Bonchev–Trinajstić information content (AvgIpc) is 3.47.